The molecule has 0 unspecified atom stereocenters. The average Bonchev–Trinajstić information content (AvgIpc) is 2.65. The van der Waals surface area contributed by atoms with Crippen molar-refractivity contribution in [1.82, 2.24) is 14.1 Å². The Morgan fingerprint density at radius 3 is 2.29 bits per heavy atom. The van der Waals surface area contributed by atoms with Crippen LogP contribution in [-0.4, -0.2) is 76.3 Å². The molecule has 0 radical (unpaired) electrons. The molecule has 2 rings (SSSR count). The van der Waals surface area contributed by atoms with Gasteiger partial charge < -0.3 is 9.80 Å². The lowest BCUT2D eigenvalue weighted by atomic mass is 9.89. The lowest BCUT2D eigenvalue weighted by Gasteiger charge is -2.31. The lowest BCUT2D eigenvalue weighted by Crippen LogP contribution is -2.40. The number of halogens is 1. The van der Waals surface area contributed by atoms with Crippen LogP contribution >= 0.6 is 15.9 Å². The molecule has 1 amide bonds. The third-order valence-electron chi connectivity index (χ3n) is 5.24. The number of hydrogen-bond acceptors (Lipinski definition) is 4. The van der Waals surface area contributed by atoms with Crippen LogP contribution in [0.5, 0.6) is 0 Å². The first-order valence-electron chi connectivity index (χ1n) is 9.79. The maximum absolute atomic E-state index is 13.3. The third-order valence-corrected chi connectivity index (χ3v) is 8.05. The summed E-state index contributed by atoms with van der Waals surface area (Å²) in [5.74, 6) is 0.426. The number of carbonyl (C=O) groups excluding carboxylic acids is 1. The van der Waals surface area contributed by atoms with E-state index in [2.05, 4.69) is 20.8 Å². The topological polar surface area (TPSA) is 60.9 Å². The Morgan fingerprint density at radius 2 is 1.71 bits per heavy atom. The van der Waals surface area contributed by atoms with E-state index in [4.69, 9.17) is 0 Å². The minimum absolute atomic E-state index is 0.102. The van der Waals surface area contributed by atoms with Gasteiger partial charge in [-0.05, 0) is 67.0 Å². The summed E-state index contributed by atoms with van der Waals surface area (Å²) in [4.78, 5) is 17.3. The number of sulfonamides is 1. The zero-order valence-electron chi connectivity index (χ0n) is 17.3. The van der Waals surface area contributed by atoms with Crippen LogP contribution in [-0.2, 0) is 10.0 Å². The molecule has 0 aromatic heterocycles. The molecule has 28 heavy (non-hydrogen) atoms. The summed E-state index contributed by atoms with van der Waals surface area (Å²) in [6.45, 7) is 2.14. The van der Waals surface area contributed by atoms with Crippen molar-refractivity contribution >= 4 is 31.9 Å². The molecule has 0 saturated heterocycles. The summed E-state index contributed by atoms with van der Waals surface area (Å²) in [7, 11) is 3.32. The van der Waals surface area contributed by atoms with E-state index in [1.807, 2.05) is 19.0 Å². The largest absolute Gasteiger partial charge is 0.337 e. The zero-order chi connectivity index (χ0) is 20.9. The van der Waals surface area contributed by atoms with E-state index in [9.17, 15) is 13.2 Å². The molecule has 0 aliphatic heterocycles. The van der Waals surface area contributed by atoms with Gasteiger partial charge in [0.25, 0.3) is 5.91 Å². The first-order valence-corrected chi connectivity index (χ1v) is 12.0. The Labute approximate surface area is 178 Å². The van der Waals surface area contributed by atoms with Crippen molar-refractivity contribution in [2.75, 3.05) is 47.8 Å². The van der Waals surface area contributed by atoms with Crippen LogP contribution in [0.3, 0.4) is 0 Å². The highest BCUT2D eigenvalue weighted by Crippen LogP contribution is 2.27. The Morgan fingerprint density at radius 1 is 1.07 bits per heavy atom. The van der Waals surface area contributed by atoms with Gasteiger partial charge in [-0.1, -0.05) is 19.3 Å². The van der Waals surface area contributed by atoms with Crippen LogP contribution in [0.25, 0.3) is 0 Å². The Hall–Kier alpha value is -0.960. The number of carbonyl (C=O) groups is 1. The molecule has 1 aromatic carbocycles. The van der Waals surface area contributed by atoms with Crippen molar-refractivity contribution in [3.8, 4) is 0 Å². The Balaban J connectivity index is 2.29. The van der Waals surface area contributed by atoms with Gasteiger partial charge in [0.1, 0.15) is 0 Å². The van der Waals surface area contributed by atoms with Crippen molar-refractivity contribution in [2.24, 2.45) is 5.92 Å². The summed E-state index contributed by atoms with van der Waals surface area (Å²) >= 11 is 3.31. The van der Waals surface area contributed by atoms with E-state index in [0.717, 1.165) is 30.2 Å². The van der Waals surface area contributed by atoms with Crippen molar-refractivity contribution in [3.63, 3.8) is 0 Å². The number of benzene rings is 1. The van der Waals surface area contributed by atoms with Crippen LogP contribution in [0, 0.1) is 5.92 Å². The number of nitrogens with zero attached hydrogens (tertiary/aromatic N) is 3. The Kier molecular flexibility index (Phi) is 8.48. The number of amides is 1. The van der Waals surface area contributed by atoms with E-state index in [0.29, 0.717) is 22.5 Å². The highest BCUT2D eigenvalue weighted by Gasteiger charge is 2.25. The number of rotatable bonds is 8. The molecule has 0 spiro atoms. The van der Waals surface area contributed by atoms with Gasteiger partial charge in [-0.15, -0.1) is 0 Å². The molecule has 1 aliphatic rings. The third kappa shape index (κ3) is 6.02. The molecular weight excluding hydrogens is 442 g/mol. The van der Waals surface area contributed by atoms with Gasteiger partial charge in [-0.2, -0.15) is 0 Å². The fourth-order valence-corrected chi connectivity index (χ4v) is 5.34. The predicted octanol–water partition coefficient (Wildman–Crippen LogP) is 3.28. The minimum atomic E-state index is -3.63. The van der Waals surface area contributed by atoms with Gasteiger partial charge in [0.15, 0.2) is 0 Å². The first kappa shape index (κ1) is 23.3. The molecule has 1 aliphatic carbocycles. The van der Waals surface area contributed by atoms with E-state index < -0.39 is 10.0 Å². The van der Waals surface area contributed by atoms with Crippen molar-refractivity contribution in [1.29, 1.82) is 0 Å². The maximum atomic E-state index is 13.3. The van der Waals surface area contributed by atoms with Crippen LogP contribution in [0.2, 0.25) is 0 Å². The van der Waals surface area contributed by atoms with Gasteiger partial charge >= 0.3 is 0 Å². The highest BCUT2D eigenvalue weighted by molar-refractivity contribution is 9.10. The van der Waals surface area contributed by atoms with E-state index in [-0.39, 0.29) is 10.8 Å². The van der Waals surface area contributed by atoms with Gasteiger partial charge in [-0.3, -0.25) is 4.79 Å². The molecule has 1 saturated carbocycles. The smallest absolute Gasteiger partial charge is 0.253 e. The molecule has 6 nitrogen and oxygen atoms in total. The van der Waals surface area contributed by atoms with Crippen LogP contribution < -0.4 is 0 Å². The molecule has 1 aromatic rings. The van der Waals surface area contributed by atoms with Crippen LogP contribution in [0.4, 0.5) is 0 Å². The van der Waals surface area contributed by atoms with Crippen molar-refractivity contribution in [2.45, 2.75) is 37.0 Å². The van der Waals surface area contributed by atoms with Crippen LogP contribution in [0.15, 0.2) is 27.6 Å². The highest BCUT2D eigenvalue weighted by atomic mass is 79.9. The summed E-state index contributed by atoms with van der Waals surface area (Å²) in [5, 5.41) is 0. The summed E-state index contributed by atoms with van der Waals surface area (Å²) in [6, 6.07) is 4.84. The predicted molar refractivity (Wildman–Crippen MR) is 116 cm³/mol. The van der Waals surface area contributed by atoms with E-state index >= 15 is 0 Å². The maximum Gasteiger partial charge on any atom is 0.253 e. The lowest BCUT2D eigenvalue weighted by molar-refractivity contribution is 0.0701. The van der Waals surface area contributed by atoms with Gasteiger partial charge in [0, 0.05) is 43.8 Å². The monoisotopic (exact) mass is 473 g/mol. The zero-order valence-corrected chi connectivity index (χ0v) is 19.7. The second kappa shape index (κ2) is 10.2. The summed E-state index contributed by atoms with van der Waals surface area (Å²) in [6.07, 6.45) is 6.05. The van der Waals surface area contributed by atoms with E-state index in [1.54, 1.807) is 12.1 Å². The number of likely N-dealkylation sites (N-methyl/N-ethyl adjacent to an activating group) is 1. The van der Waals surface area contributed by atoms with Gasteiger partial charge in [-0.25, -0.2) is 12.7 Å². The van der Waals surface area contributed by atoms with Gasteiger partial charge in [0.2, 0.25) is 10.0 Å². The van der Waals surface area contributed by atoms with Gasteiger partial charge in [0.05, 0.1) is 4.90 Å². The minimum Gasteiger partial charge on any atom is -0.337 e. The second-order valence-electron chi connectivity index (χ2n) is 7.99. The molecule has 0 N–H and O–H groups in total. The average molecular weight is 474 g/mol. The molecule has 158 valence electrons. The molecule has 0 atom stereocenters. The summed E-state index contributed by atoms with van der Waals surface area (Å²) < 4.78 is 26.8. The molecule has 1 fully saturated rings. The SMILES string of the molecule is CN(C)CCN(CC1CCCCC1)C(=O)c1ccc(Br)c(S(=O)(=O)N(C)C)c1. The molecule has 0 bridgehead atoms. The fraction of sp³-hybridized carbons (Fsp3) is 0.650. The fourth-order valence-electron chi connectivity index (χ4n) is 3.49. The van der Waals surface area contributed by atoms with Crippen molar-refractivity contribution in [3.05, 3.63) is 28.2 Å². The second-order valence-corrected chi connectivity index (χ2v) is 11.0. The van der Waals surface area contributed by atoms with Crippen molar-refractivity contribution < 1.29 is 13.2 Å². The quantitative estimate of drug-likeness (QED) is 0.580. The first-order chi connectivity index (χ1) is 13.1. The molecule has 0 heterocycles. The normalized spacial score (nSPS) is 16.0. The summed E-state index contributed by atoms with van der Waals surface area (Å²) in [5.41, 5.74) is 0.415. The molecule has 8 heteroatoms. The standard InChI is InChI=1S/C20H32BrN3O3S/c1-22(2)12-13-24(15-16-8-6-5-7-9-16)20(25)17-10-11-18(21)19(14-17)28(26,27)23(3)4/h10-11,14,16H,5-9,12-13,15H2,1-4H3. The van der Waals surface area contributed by atoms with E-state index in [1.165, 1.54) is 39.4 Å². The van der Waals surface area contributed by atoms with Crippen LogP contribution in [0.1, 0.15) is 42.5 Å². The Bertz CT molecular complexity index is 775. The number of hydrogen-bond donors (Lipinski definition) is 0. The molecular formula is C20H32BrN3O3S.